The standard InChI is InChI=1S/C34H44O7Si/c1-34(2,3)42(7,8)41-29(23-14-24-12-10-9-11-13-24)32(33(36)39-6)40-31(26-17-21-28(38-5)22-18-26)30(35)25-15-19-27(37-4)20-16-25/h9-23,29-32,35H,1-8H3/b23-14+/t29-,30-,31-,32-/m0/s1. The minimum Gasteiger partial charge on any atom is -0.497 e. The first kappa shape index (κ1) is 33.1. The molecule has 0 saturated heterocycles. The average Bonchev–Trinajstić information content (AvgIpc) is 2.99. The summed E-state index contributed by atoms with van der Waals surface area (Å²) in [6.07, 6.45) is -0.264. The molecule has 0 aliphatic rings. The van der Waals surface area contributed by atoms with Gasteiger partial charge in [-0.15, -0.1) is 0 Å². The fraction of sp³-hybridized carbons (Fsp3) is 0.382. The maximum atomic E-state index is 13.4. The van der Waals surface area contributed by atoms with Crippen LogP contribution in [0.3, 0.4) is 0 Å². The smallest absolute Gasteiger partial charge is 0.338 e. The molecule has 3 aromatic carbocycles. The van der Waals surface area contributed by atoms with Gasteiger partial charge in [0, 0.05) is 0 Å². The summed E-state index contributed by atoms with van der Waals surface area (Å²) in [6, 6.07) is 24.1. The molecule has 0 unspecified atom stereocenters. The summed E-state index contributed by atoms with van der Waals surface area (Å²) in [5.41, 5.74) is 2.21. The van der Waals surface area contributed by atoms with E-state index in [9.17, 15) is 9.90 Å². The monoisotopic (exact) mass is 592 g/mol. The molecule has 7 nitrogen and oxygen atoms in total. The topological polar surface area (TPSA) is 83.5 Å². The van der Waals surface area contributed by atoms with Crippen molar-refractivity contribution in [2.75, 3.05) is 21.3 Å². The molecule has 1 N–H and O–H groups in total. The second kappa shape index (κ2) is 14.6. The molecule has 0 aliphatic heterocycles. The second-order valence-electron chi connectivity index (χ2n) is 11.6. The van der Waals surface area contributed by atoms with E-state index in [2.05, 4.69) is 33.9 Å². The van der Waals surface area contributed by atoms with Crippen molar-refractivity contribution in [3.63, 3.8) is 0 Å². The highest BCUT2D eigenvalue weighted by Crippen LogP contribution is 2.40. The Labute approximate surface area is 251 Å². The average molecular weight is 593 g/mol. The van der Waals surface area contributed by atoms with Crippen LogP contribution in [0, 0.1) is 0 Å². The van der Waals surface area contributed by atoms with Crippen LogP contribution in [0.2, 0.25) is 18.1 Å². The van der Waals surface area contributed by atoms with Crippen LogP contribution in [0.5, 0.6) is 11.5 Å². The van der Waals surface area contributed by atoms with Gasteiger partial charge < -0.3 is 28.5 Å². The van der Waals surface area contributed by atoms with E-state index in [1.807, 2.05) is 54.6 Å². The van der Waals surface area contributed by atoms with Crippen molar-refractivity contribution in [3.05, 3.63) is 102 Å². The molecule has 4 atom stereocenters. The van der Waals surface area contributed by atoms with Gasteiger partial charge in [-0.2, -0.15) is 0 Å². The van der Waals surface area contributed by atoms with E-state index < -0.39 is 38.7 Å². The predicted molar refractivity (Wildman–Crippen MR) is 168 cm³/mol. The van der Waals surface area contributed by atoms with Gasteiger partial charge in [0.1, 0.15) is 29.8 Å². The van der Waals surface area contributed by atoms with Crippen LogP contribution in [-0.2, 0) is 18.7 Å². The molecule has 0 fully saturated rings. The van der Waals surface area contributed by atoms with Crippen molar-refractivity contribution in [2.24, 2.45) is 0 Å². The number of esters is 1. The number of ether oxygens (including phenoxy) is 4. The third-order valence-corrected chi connectivity index (χ3v) is 12.2. The molecule has 3 rings (SSSR count). The zero-order valence-corrected chi connectivity index (χ0v) is 26.9. The fourth-order valence-corrected chi connectivity index (χ4v) is 5.37. The highest BCUT2D eigenvalue weighted by molar-refractivity contribution is 6.74. The van der Waals surface area contributed by atoms with Gasteiger partial charge in [-0.25, -0.2) is 4.79 Å². The number of carbonyl (C=O) groups excluding carboxylic acids is 1. The Kier molecular flexibility index (Phi) is 11.5. The van der Waals surface area contributed by atoms with Crippen molar-refractivity contribution in [1.82, 2.24) is 0 Å². The van der Waals surface area contributed by atoms with E-state index >= 15 is 0 Å². The van der Waals surface area contributed by atoms with Gasteiger partial charge in [0.15, 0.2) is 14.4 Å². The molecule has 0 spiro atoms. The van der Waals surface area contributed by atoms with Crippen molar-refractivity contribution in [2.45, 2.75) is 63.3 Å². The molecule has 0 aliphatic carbocycles. The first-order chi connectivity index (χ1) is 19.9. The largest absolute Gasteiger partial charge is 0.497 e. The van der Waals surface area contributed by atoms with Crippen molar-refractivity contribution in [3.8, 4) is 11.5 Å². The molecule has 8 heteroatoms. The highest BCUT2D eigenvalue weighted by Gasteiger charge is 2.43. The van der Waals surface area contributed by atoms with Crippen LogP contribution in [0.1, 0.15) is 49.7 Å². The van der Waals surface area contributed by atoms with Crippen LogP contribution >= 0.6 is 0 Å². The minimum atomic E-state index is -2.40. The van der Waals surface area contributed by atoms with Crippen molar-refractivity contribution in [1.29, 1.82) is 0 Å². The van der Waals surface area contributed by atoms with Crippen LogP contribution in [0.15, 0.2) is 84.9 Å². The number of carbonyl (C=O) groups is 1. The first-order valence-corrected chi connectivity index (χ1v) is 16.9. The predicted octanol–water partition coefficient (Wildman–Crippen LogP) is 7.14. The van der Waals surface area contributed by atoms with Gasteiger partial charge in [0.25, 0.3) is 0 Å². The molecule has 0 heterocycles. The van der Waals surface area contributed by atoms with E-state index in [4.69, 9.17) is 23.4 Å². The van der Waals surface area contributed by atoms with Crippen molar-refractivity contribution < 1.29 is 33.3 Å². The molecule has 0 saturated carbocycles. The first-order valence-electron chi connectivity index (χ1n) is 14.0. The summed E-state index contributed by atoms with van der Waals surface area (Å²) >= 11 is 0. The maximum absolute atomic E-state index is 13.4. The fourth-order valence-electron chi connectivity index (χ4n) is 4.14. The van der Waals surface area contributed by atoms with Gasteiger partial charge in [-0.1, -0.05) is 87.5 Å². The molecular weight excluding hydrogens is 548 g/mol. The lowest BCUT2D eigenvalue weighted by atomic mass is 9.97. The summed E-state index contributed by atoms with van der Waals surface area (Å²) in [5, 5.41) is 11.5. The Hall–Kier alpha value is -3.43. The number of methoxy groups -OCH3 is 3. The number of aliphatic hydroxyl groups is 1. The Morgan fingerprint density at radius 1 is 0.810 bits per heavy atom. The summed E-state index contributed by atoms with van der Waals surface area (Å²) in [4.78, 5) is 13.4. The summed E-state index contributed by atoms with van der Waals surface area (Å²) in [5.74, 6) is 0.719. The minimum absolute atomic E-state index is 0.134. The molecule has 0 radical (unpaired) electrons. The SMILES string of the molecule is COC(=O)[C@@H](O[C@@H](c1ccc(OC)cc1)[C@@H](O)c1ccc(OC)cc1)[C@H](/C=C/c1ccccc1)O[Si](C)(C)C(C)(C)C. The van der Waals surface area contributed by atoms with Crippen LogP contribution in [-0.4, -0.2) is 52.9 Å². The summed E-state index contributed by atoms with van der Waals surface area (Å²) in [6.45, 7) is 10.7. The van der Waals surface area contributed by atoms with Gasteiger partial charge in [-0.05, 0) is 59.1 Å². The lowest BCUT2D eigenvalue weighted by molar-refractivity contribution is -0.171. The third-order valence-electron chi connectivity index (χ3n) is 7.73. The zero-order valence-electron chi connectivity index (χ0n) is 25.9. The lowest BCUT2D eigenvalue weighted by Gasteiger charge is -2.40. The molecule has 42 heavy (non-hydrogen) atoms. The molecule has 226 valence electrons. The zero-order chi connectivity index (χ0) is 30.9. The highest BCUT2D eigenvalue weighted by atomic mass is 28.4. The van der Waals surface area contributed by atoms with Crippen LogP contribution in [0.4, 0.5) is 0 Å². The number of aliphatic hydroxyl groups excluding tert-OH is 1. The Balaban J connectivity index is 2.10. The van der Waals surface area contributed by atoms with Gasteiger partial charge in [0.2, 0.25) is 0 Å². The van der Waals surface area contributed by atoms with E-state index in [-0.39, 0.29) is 5.04 Å². The lowest BCUT2D eigenvalue weighted by Crippen LogP contribution is -2.49. The molecule has 3 aromatic rings. The molecule has 0 aromatic heterocycles. The van der Waals surface area contributed by atoms with Crippen molar-refractivity contribution >= 4 is 20.4 Å². The normalized spacial score (nSPS) is 15.1. The number of benzene rings is 3. The molecular formula is C34H44O7Si. The van der Waals surface area contributed by atoms with Crippen LogP contribution in [0.25, 0.3) is 6.08 Å². The quantitative estimate of drug-likeness (QED) is 0.167. The maximum Gasteiger partial charge on any atom is 0.338 e. The Bertz CT molecular complexity index is 1280. The van der Waals surface area contributed by atoms with E-state index in [1.165, 1.54) is 7.11 Å². The Morgan fingerprint density at radius 2 is 1.33 bits per heavy atom. The van der Waals surface area contributed by atoms with E-state index in [0.29, 0.717) is 22.6 Å². The second-order valence-corrected chi connectivity index (χ2v) is 16.4. The van der Waals surface area contributed by atoms with Gasteiger partial charge in [-0.3, -0.25) is 0 Å². The van der Waals surface area contributed by atoms with Crippen LogP contribution < -0.4 is 9.47 Å². The van der Waals surface area contributed by atoms with E-state index in [1.54, 1.807) is 50.6 Å². The third kappa shape index (κ3) is 8.55. The van der Waals surface area contributed by atoms with E-state index in [0.717, 1.165) is 5.56 Å². The molecule has 0 amide bonds. The number of hydrogen-bond donors (Lipinski definition) is 1. The molecule has 0 bridgehead atoms. The number of hydrogen-bond acceptors (Lipinski definition) is 7. The summed E-state index contributed by atoms with van der Waals surface area (Å²) < 4.78 is 29.3. The summed E-state index contributed by atoms with van der Waals surface area (Å²) in [7, 11) is 2.09. The van der Waals surface area contributed by atoms with Gasteiger partial charge in [0.05, 0.1) is 21.3 Å². The Morgan fingerprint density at radius 3 is 1.81 bits per heavy atom. The number of rotatable bonds is 13. The van der Waals surface area contributed by atoms with Gasteiger partial charge >= 0.3 is 5.97 Å².